The molecule has 20 heavy (non-hydrogen) atoms. The highest BCUT2D eigenvalue weighted by molar-refractivity contribution is 7.99. The predicted octanol–water partition coefficient (Wildman–Crippen LogP) is 2.92. The highest BCUT2D eigenvalue weighted by atomic mass is 32.2. The second-order valence-corrected chi connectivity index (χ2v) is 6.34. The van der Waals surface area contributed by atoms with Crippen LogP contribution in [0.15, 0.2) is 18.3 Å². The summed E-state index contributed by atoms with van der Waals surface area (Å²) in [6, 6.07) is 3.92. The molecule has 1 aromatic heterocycles. The fourth-order valence-electron chi connectivity index (χ4n) is 2.48. The van der Waals surface area contributed by atoms with Crippen LogP contribution in [0.1, 0.15) is 43.0 Å². The van der Waals surface area contributed by atoms with Crippen LogP contribution in [0.2, 0.25) is 0 Å². The van der Waals surface area contributed by atoms with Crippen LogP contribution >= 0.6 is 11.8 Å². The third-order valence-corrected chi connectivity index (χ3v) is 4.73. The molecule has 1 heterocycles. The number of thioether (sulfide) groups is 1. The highest BCUT2D eigenvalue weighted by Crippen LogP contribution is 2.28. The van der Waals surface area contributed by atoms with Gasteiger partial charge in [0.15, 0.2) is 0 Å². The number of amides is 1. The summed E-state index contributed by atoms with van der Waals surface area (Å²) < 4.78 is 0. The van der Waals surface area contributed by atoms with Gasteiger partial charge in [-0.15, -0.1) is 0 Å². The Balaban J connectivity index is 1.92. The van der Waals surface area contributed by atoms with Crippen LogP contribution in [0, 0.1) is 0 Å². The Morgan fingerprint density at radius 1 is 1.50 bits per heavy atom. The average Bonchev–Trinajstić information content (AvgIpc) is 2.93. The quantitative estimate of drug-likeness (QED) is 0.847. The van der Waals surface area contributed by atoms with Crippen molar-refractivity contribution in [1.29, 1.82) is 0 Å². The lowest BCUT2D eigenvalue weighted by atomic mass is 10.2. The van der Waals surface area contributed by atoms with Gasteiger partial charge in [0.2, 0.25) is 0 Å². The van der Waals surface area contributed by atoms with Crippen LogP contribution in [-0.2, 0) is 0 Å². The summed E-state index contributed by atoms with van der Waals surface area (Å²) in [5.74, 6) is 0.784. The number of carbonyl (C=O) groups excluding carboxylic acids is 1. The van der Waals surface area contributed by atoms with Gasteiger partial charge in [0.05, 0.1) is 0 Å². The minimum absolute atomic E-state index is 0.0127. The lowest BCUT2D eigenvalue weighted by molar-refractivity contribution is 0.0938. The molecular formula is C15H23N3OS. The minimum atomic E-state index is 0.0127. The van der Waals surface area contributed by atoms with Crippen molar-refractivity contribution in [2.75, 3.05) is 18.1 Å². The van der Waals surface area contributed by atoms with Gasteiger partial charge in [-0.25, -0.2) is 4.98 Å². The summed E-state index contributed by atoms with van der Waals surface area (Å²) in [5.41, 5.74) is 0.686. The first kappa shape index (κ1) is 15.2. The van der Waals surface area contributed by atoms with E-state index in [1.54, 1.807) is 12.3 Å². The van der Waals surface area contributed by atoms with Crippen LogP contribution in [0.3, 0.4) is 0 Å². The van der Waals surface area contributed by atoms with Gasteiger partial charge in [-0.2, -0.15) is 11.8 Å². The second kappa shape index (κ2) is 7.53. The van der Waals surface area contributed by atoms with Crippen LogP contribution in [-0.4, -0.2) is 35.0 Å². The summed E-state index contributed by atoms with van der Waals surface area (Å²) in [4.78, 5) is 16.5. The molecule has 0 bridgehead atoms. The molecule has 2 atom stereocenters. The number of hydrogen-bond acceptors (Lipinski definition) is 4. The predicted molar refractivity (Wildman–Crippen MR) is 85.4 cm³/mol. The van der Waals surface area contributed by atoms with E-state index in [9.17, 15) is 4.79 Å². The number of anilines is 1. The van der Waals surface area contributed by atoms with Gasteiger partial charge < -0.3 is 10.6 Å². The monoisotopic (exact) mass is 293 g/mol. The van der Waals surface area contributed by atoms with Crippen molar-refractivity contribution in [3.8, 4) is 0 Å². The molecule has 5 heteroatoms. The van der Waals surface area contributed by atoms with E-state index in [0.717, 1.165) is 31.6 Å². The lowest BCUT2D eigenvalue weighted by Crippen LogP contribution is -2.33. The highest BCUT2D eigenvalue weighted by Gasteiger charge is 2.25. The molecule has 0 spiro atoms. The molecule has 1 amide bonds. The minimum Gasteiger partial charge on any atom is -0.370 e. The summed E-state index contributed by atoms with van der Waals surface area (Å²) in [5, 5.41) is 7.03. The Morgan fingerprint density at radius 2 is 2.35 bits per heavy atom. The Kier molecular flexibility index (Phi) is 5.71. The van der Waals surface area contributed by atoms with Crippen molar-refractivity contribution in [3.63, 3.8) is 0 Å². The number of nitrogens with zero attached hydrogens (tertiary/aromatic N) is 1. The lowest BCUT2D eigenvalue weighted by Gasteiger charge is -2.13. The van der Waals surface area contributed by atoms with Crippen molar-refractivity contribution in [1.82, 2.24) is 10.3 Å². The average molecular weight is 293 g/mol. The largest absolute Gasteiger partial charge is 0.370 e. The Labute approximate surface area is 125 Å². The molecule has 4 nitrogen and oxygen atoms in total. The SMILES string of the molecule is CCCNc1cc(C(=O)NC2CCC(SC)C2)ccn1. The van der Waals surface area contributed by atoms with Crippen molar-refractivity contribution < 1.29 is 4.79 Å². The maximum atomic E-state index is 12.2. The molecule has 110 valence electrons. The van der Waals surface area contributed by atoms with E-state index < -0.39 is 0 Å². The van der Waals surface area contributed by atoms with Gasteiger partial charge in [-0.1, -0.05) is 6.92 Å². The van der Waals surface area contributed by atoms with E-state index in [2.05, 4.69) is 28.8 Å². The van der Waals surface area contributed by atoms with E-state index in [1.165, 1.54) is 6.42 Å². The van der Waals surface area contributed by atoms with Crippen LogP contribution in [0.4, 0.5) is 5.82 Å². The Morgan fingerprint density at radius 3 is 3.05 bits per heavy atom. The fraction of sp³-hybridized carbons (Fsp3) is 0.600. The summed E-state index contributed by atoms with van der Waals surface area (Å²) >= 11 is 1.90. The zero-order valence-corrected chi connectivity index (χ0v) is 13.0. The van der Waals surface area contributed by atoms with Crippen LogP contribution in [0.5, 0.6) is 0 Å². The molecule has 1 aliphatic rings. The third-order valence-electron chi connectivity index (χ3n) is 3.63. The topological polar surface area (TPSA) is 54.0 Å². The molecule has 0 aromatic carbocycles. The molecular weight excluding hydrogens is 270 g/mol. The summed E-state index contributed by atoms with van der Waals surface area (Å²) in [6.07, 6.45) is 8.24. The molecule has 1 aliphatic carbocycles. The second-order valence-electron chi connectivity index (χ2n) is 5.20. The summed E-state index contributed by atoms with van der Waals surface area (Å²) in [6.45, 7) is 2.97. The van der Waals surface area contributed by atoms with Gasteiger partial charge in [0.1, 0.15) is 5.82 Å². The molecule has 0 saturated heterocycles. The van der Waals surface area contributed by atoms with Crippen molar-refractivity contribution >= 4 is 23.5 Å². The molecule has 1 fully saturated rings. The zero-order valence-electron chi connectivity index (χ0n) is 12.2. The smallest absolute Gasteiger partial charge is 0.251 e. The first-order valence-corrected chi connectivity index (χ1v) is 8.55. The third kappa shape index (κ3) is 4.13. The van der Waals surface area contributed by atoms with Gasteiger partial charge >= 0.3 is 0 Å². The number of hydrogen-bond donors (Lipinski definition) is 2. The number of aromatic nitrogens is 1. The Bertz CT molecular complexity index is 452. The van der Waals surface area contributed by atoms with Crippen molar-refractivity contribution in [3.05, 3.63) is 23.9 Å². The fourth-order valence-corrected chi connectivity index (χ4v) is 3.27. The van der Waals surface area contributed by atoms with E-state index in [0.29, 0.717) is 16.9 Å². The van der Waals surface area contributed by atoms with Crippen molar-refractivity contribution in [2.45, 2.75) is 43.9 Å². The molecule has 2 rings (SSSR count). The maximum absolute atomic E-state index is 12.2. The van der Waals surface area contributed by atoms with E-state index >= 15 is 0 Å². The number of carbonyl (C=O) groups is 1. The maximum Gasteiger partial charge on any atom is 0.251 e. The molecule has 2 unspecified atom stereocenters. The number of nitrogens with one attached hydrogen (secondary N) is 2. The van der Waals surface area contributed by atoms with E-state index in [1.807, 2.05) is 17.8 Å². The molecule has 2 N–H and O–H groups in total. The van der Waals surface area contributed by atoms with Crippen LogP contribution in [0.25, 0.3) is 0 Å². The first-order chi connectivity index (χ1) is 9.72. The van der Waals surface area contributed by atoms with E-state index in [-0.39, 0.29) is 5.91 Å². The molecule has 0 aliphatic heterocycles. The molecule has 0 radical (unpaired) electrons. The standard InChI is InChI=1S/C15H23N3OS/c1-3-7-16-14-9-11(6-8-17-14)15(19)18-12-4-5-13(10-12)20-2/h6,8-9,12-13H,3-5,7,10H2,1-2H3,(H,16,17)(H,18,19). The summed E-state index contributed by atoms with van der Waals surface area (Å²) in [7, 11) is 0. The van der Waals surface area contributed by atoms with Gasteiger partial charge in [0.25, 0.3) is 5.91 Å². The molecule has 1 saturated carbocycles. The number of rotatable bonds is 6. The van der Waals surface area contributed by atoms with Crippen molar-refractivity contribution in [2.24, 2.45) is 0 Å². The van der Waals surface area contributed by atoms with Gasteiger partial charge in [-0.3, -0.25) is 4.79 Å². The zero-order chi connectivity index (χ0) is 14.4. The number of pyridine rings is 1. The van der Waals surface area contributed by atoms with Gasteiger partial charge in [-0.05, 0) is 44.1 Å². The first-order valence-electron chi connectivity index (χ1n) is 7.26. The van der Waals surface area contributed by atoms with Gasteiger partial charge in [0, 0.05) is 29.6 Å². The van der Waals surface area contributed by atoms with Crippen LogP contribution < -0.4 is 10.6 Å². The van der Waals surface area contributed by atoms with E-state index in [4.69, 9.17) is 0 Å². The normalized spacial score (nSPS) is 21.7. The Hall–Kier alpha value is -1.23. The molecule has 1 aromatic rings.